The summed E-state index contributed by atoms with van der Waals surface area (Å²) >= 11 is 5.64. The Morgan fingerprint density at radius 1 is 1.30 bits per heavy atom. The third-order valence-corrected chi connectivity index (χ3v) is 4.00. The Hall–Kier alpha value is -1.86. The molecule has 0 aliphatic rings. The van der Waals surface area contributed by atoms with Gasteiger partial charge in [0.05, 0.1) is 17.7 Å². The van der Waals surface area contributed by atoms with Crippen LogP contribution < -0.4 is 9.46 Å². The standard InChI is InChI=1S/C12H10ClFN2O3S/c1-19-11-3-2-8(6-10(11)14)16-20(17,18)9-4-5-15-12(13)7-9/h2-7,16H,1H3. The molecular weight excluding hydrogens is 307 g/mol. The molecule has 0 bridgehead atoms. The van der Waals surface area contributed by atoms with Gasteiger partial charge in [0.1, 0.15) is 5.15 Å². The lowest BCUT2D eigenvalue weighted by atomic mass is 10.3. The van der Waals surface area contributed by atoms with Gasteiger partial charge in [-0.2, -0.15) is 0 Å². The van der Waals surface area contributed by atoms with E-state index in [1.807, 2.05) is 0 Å². The van der Waals surface area contributed by atoms with Crippen LogP contribution in [0.4, 0.5) is 10.1 Å². The van der Waals surface area contributed by atoms with Crippen LogP contribution >= 0.6 is 11.6 Å². The first-order chi connectivity index (χ1) is 9.42. The molecule has 0 unspecified atom stereocenters. The van der Waals surface area contributed by atoms with Crippen molar-refractivity contribution in [3.63, 3.8) is 0 Å². The van der Waals surface area contributed by atoms with E-state index in [9.17, 15) is 12.8 Å². The van der Waals surface area contributed by atoms with E-state index >= 15 is 0 Å². The zero-order valence-electron chi connectivity index (χ0n) is 10.3. The van der Waals surface area contributed by atoms with Gasteiger partial charge in [0, 0.05) is 12.3 Å². The van der Waals surface area contributed by atoms with Gasteiger partial charge >= 0.3 is 0 Å². The maximum absolute atomic E-state index is 13.5. The van der Waals surface area contributed by atoms with Crippen molar-refractivity contribution in [3.8, 4) is 5.75 Å². The number of sulfonamides is 1. The van der Waals surface area contributed by atoms with Crippen LogP contribution in [0.15, 0.2) is 41.4 Å². The van der Waals surface area contributed by atoms with Gasteiger partial charge in [-0.1, -0.05) is 11.6 Å². The Balaban J connectivity index is 2.31. The minimum absolute atomic E-state index is 0.0277. The molecule has 2 rings (SSSR count). The summed E-state index contributed by atoms with van der Waals surface area (Å²) in [5.41, 5.74) is 0.0798. The van der Waals surface area contributed by atoms with Crippen LogP contribution in [-0.2, 0) is 10.0 Å². The van der Waals surface area contributed by atoms with Crippen molar-refractivity contribution in [2.75, 3.05) is 11.8 Å². The minimum atomic E-state index is -3.85. The molecule has 1 aromatic carbocycles. The van der Waals surface area contributed by atoms with Gasteiger partial charge in [0.15, 0.2) is 11.6 Å². The zero-order valence-corrected chi connectivity index (χ0v) is 11.9. The molecule has 0 aliphatic heterocycles. The van der Waals surface area contributed by atoms with Crippen LogP contribution in [0.5, 0.6) is 5.75 Å². The van der Waals surface area contributed by atoms with Crippen LogP contribution in [0.3, 0.4) is 0 Å². The second-order valence-electron chi connectivity index (χ2n) is 3.77. The van der Waals surface area contributed by atoms with E-state index < -0.39 is 15.8 Å². The molecule has 20 heavy (non-hydrogen) atoms. The summed E-state index contributed by atoms with van der Waals surface area (Å²) in [5.74, 6) is -0.639. The van der Waals surface area contributed by atoms with Gasteiger partial charge in [0.25, 0.3) is 10.0 Å². The van der Waals surface area contributed by atoms with Gasteiger partial charge in [-0.3, -0.25) is 4.72 Å². The maximum atomic E-state index is 13.5. The molecule has 5 nitrogen and oxygen atoms in total. The maximum Gasteiger partial charge on any atom is 0.262 e. The summed E-state index contributed by atoms with van der Waals surface area (Å²) in [7, 11) is -2.53. The molecule has 8 heteroatoms. The van der Waals surface area contributed by atoms with E-state index in [4.69, 9.17) is 16.3 Å². The smallest absolute Gasteiger partial charge is 0.262 e. The molecule has 106 valence electrons. The molecule has 0 saturated carbocycles. The van der Waals surface area contributed by atoms with Crippen LogP contribution in [0.2, 0.25) is 5.15 Å². The predicted octanol–water partition coefficient (Wildman–Crippen LogP) is 2.68. The van der Waals surface area contributed by atoms with Crippen LogP contribution in [0.1, 0.15) is 0 Å². The molecular formula is C12H10ClFN2O3S. The number of nitrogens with one attached hydrogen (secondary N) is 1. The summed E-state index contributed by atoms with van der Waals surface area (Å²) in [6, 6.07) is 6.23. The van der Waals surface area contributed by atoms with Crippen molar-refractivity contribution in [1.29, 1.82) is 0 Å². The number of halogens is 2. The Morgan fingerprint density at radius 2 is 2.05 bits per heavy atom. The van der Waals surface area contributed by atoms with Crippen molar-refractivity contribution >= 4 is 27.3 Å². The number of pyridine rings is 1. The highest BCUT2D eigenvalue weighted by Gasteiger charge is 2.15. The molecule has 0 saturated heterocycles. The van der Waals surface area contributed by atoms with E-state index in [0.717, 1.165) is 6.07 Å². The number of nitrogens with zero attached hydrogens (tertiary/aromatic N) is 1. The summed E-state index contributed by atoms with van der Waals surface area (Å²) < 4.78 is 44.6. The fourth-order valence-electron chi connectivity index (χ4n) is 1.50. The number of anilines is 1. The Labute approximate surface area is 120 Å². The monoisotopic (exact) mass is 316 g/mol. The summed E-state index contributed by atoms with van der Waals surface area (Å²) in [5, 5.41) is 0.0498. The van der Waals surface area contributed by atoms with Crippen LogP contribution in [0.25, 0.3) is 0 Å². The predicted molar refractivity (Wildman–Crippen MR) is 73.0 cm³/mol. The molecule has 1 heterocycles. The lowest BCUT2D eigenvalue weighted by Crippen LogP contribution is -2.13. The molecule has 1 aromatic heterocycles. The first kappa shape index (κ1) is 14.5. The van der Waals surface area contributed by atoms with Gasteiger partial charge in [-0.15, -0.1) is 0 Å². The lowest BCUT2D eigenvalue weighted by molar-refractivity contribution is 0.386. The molecule has 2 aromatic rings. The fraction of sp³-hybridized carbons (Fsp3) is 0.0833. The Bertz CT molecular complexity index is 737. The number of methoxy groups -OCH3 is 1. The molecule has 0 fully saturated rings. The summed E-state index contributed by atoms with van der Waals surface area (Å²) in [6.45, 7) is 0. The number of benzene rings is 1. The van der Waals surface area contributed by atoms with Crippen molar-refractivity contribution in [2.45, 2.75) is 4.90 Å². The quantitative estimate of drug-likeness (QED) is 0.881. The number of aromatic nitrogens is 1. The van der Waals surface area contributed by atoms with Crippen molar-refractivity contribution in [1.82, 2.24) is 4.98 Å². The average Bonchev–Trinajstić information content (AvgIpc) is 2.38. The molecule has 0 radical (unpaired) electrons. The number of ether oxygens (including phenoxy) is 1. The molecule has 0 amide bonds. The summed E-state index contributed by atoms with van der Waals surface area (Å²) in [4.78, 5) is 3.63. The third-order valence-electron chi connectivity index (χ3n) is 2.41. The van der Waals surface area contributed by atoms with Crippen molar-refractivity contribution < 1.29 is 17.5 Å². The van der Waals surface area contributed by atoms with E-state index in [1.54, 1.807) is 0 Å². The Kier molecular flexibility index (Phi) is 4.10. The number of hydrogen-bond donors (Lipinski definition) is 1. The van der Waals surface area contributed by atoms with Crippen molar-refractivity contribution in [3.05, 3.63) is 47.5 Å². The average molecular weight is 317 g/mol. The topological polar surface area (TPSA) is 68.3 Å². The lowest BCUT2D eigenvalue weighted by Gasteiger charge is -2.09. The highest BCUT2D eigenvalue weighted by Crippen LogP contribution is 2.23. The van der Waals surface area contributed by atoms with Gasteiger partial charge in [-0.25, -0.2) is 17.8 Å². The highest BCUT2D eigenvalue weighted by atomic mass is 35.5. The molecule has 0 aliphatic carbocycles. The first-order valence-electron chi connectivity index (χ1n) is 5.40. The largest absolute Gasteiger partial charge is 0.494 e. The number of rotatable bonds is 4. The van der Waals surface area contributed by atoms with Gasteiger partial charge < -0.3 is 4.74 Å². The van der Waals surface area contributed by atoms with E-state index in [2.05, 4.69) is 9.71 Å². The molecule has 1 N–H and O–H groups in total. The van der Waals surface area contributed by atoms with Crippen molar-refractivity contribution in [2.24, 2.45) is 0 Å². The minimum Gasteiger partial charge on any atom is -0.494 e. The first-order valence-corrected chi connectivity index (χ1v) is 7.26. The third kappa shape index (κ3) is 3.17. The van der Waals surface area contributed by atoms with Gasteiger partial charge in [-0.05, 0) is 24.3 Å². The normalized spacial score (nSPS) is 11.2. The second-order valence-corrected chi connectivity index (χ2v) is 5.84. The van der Waals surface area contributed by atoms with E-state index in [1.165, 1.54) is 37.6 Å². The van der Waals surface area contributed by atoms with E-state index in [-0.39, 0.29) is 21.5 Å². The Morgan fingerprint density at radius 3 is 2.65 bits per heavy atom. The van der Waals surface area contributed by atoms with E-state index in [0.29, 0.717) is 0 Å². The molecule has 0 atom stereocenters. The number of hydrogen-bond acceptors (Lipinski definition) is 4. The van der Waals surface area contributed by atoms with Crippen LogP contribution in [0, 0.1) is 5.82 Å². The molecule has 0 spiro atoms. The SMILES string of the molecule is COc1ccc(NS(=O)(=O)c2ccnc(Cl)c2)cc1F. The second kappa shape index (κ2) is 5.64. The fourth-order valence-corrected chi connectivity index (χ4v) is 2.80. The highest BCUT2D eigenvalue weighted by molar-refractivity contribution is 7.92. The zero-order chi connectivity index (χ0) is 14.8. The van der Waals surface area contributed by atoms with Gasteiger partial charge in [0.2, 0.25) is 0 Å². The van der Waals surface area contributed by atoms with Crippen LogP contribution in [-0.4, -0.2) is 20.5 Å². The summed E-state index contributed by atoms with van der Waals surface area (Å²) in [6.07, 6.45) is 1.27.